The number of carbonyl (C=O) groups excluding carboxylic acids is 1. The number of aliphatic imine (C=N–C) groups is 1. The number of aliphatic hydroxyl groups excluding tert-OH is 1. The molecule has 2 atom stereocenters. The second-order valence-electron chi connectivity index (χ2n) is 8.94. The van der Waals surface area contributed by atoms with Crippen LogP contribution < -0.4 is 0 Å². The normalized spacial score (nSPS) is 16.4. The van der Waals surface area contributed by atoms with Gasteiger partial charge in [-0.2, -0.15) is 0 Å². The Morgan fingerprint density at radius 2 is 1.62 bits per heavy atom. The van der Waals surface area contributed by atoms with Gasteiger partial charge >= 0.3 is 0 Å². The zero-order chi connectivity index (χ0) is 22.6. The van der Waals surface area contributed by atoms with Crippen molar-refractivity contribution >= 4 is 12.1 Å². The summed E-state index contributed by atoms with van der Waals surface area (Å²) in [5, 5.41) is 11.2. The quantitative estimate of drug-likeness (QED) is 0.326. The molecule has 1 unspecified atom stereocenters. The Morgan fingerprint density at radius 3 is 2.31 bits per heavy atom. The van der Waals surface area contributed by atoms with Crippen LogP contribution in [0.5, 0.6) is 0 Å². The monoisotopic (exact) mass is 434 g/mol. The van der Waals surface area contributed by atoms with Crippen LogP contribution in [0.3, 0.4) is 0 Å². The smallest absolute Gasteiger partial charge is 0.245 e. The first-order valence-corrected chi connectivity index (χ1v) is 12.3. The zero-order valence-electron chi connectivity index (χ0n) is 19.5. The minimum Gasteiger partial charge on any atom is -0.388 e. The predicted molar refractivity (Wildman–Crippen MR) is 133 cm³/mol. The average Bonchev–Trinajstić information content (AvgIpc) is 3.35. The molecule has 1 N–H and O–H groups in total. The summed E-state index contributed by atoms with van der Waals surface area (Å²) < 4.78 is 0. The Labute approximate surface area is 193 Å². The van der Waals surface area contributed by atoms with E-state index in [2.05, 4.69) is 41.1 Å². The van der Waals surface area contributed by atoms with Crippen molar-refractivity contribution in [2.24, 2.45) is 10.9 Å². The first-order valence-electron chi connectivity index (χ1n) is 12.3. The number of aliphatic hydroxyl groups is 1. The number of hydrogen-bond acceptors (Lipinski definition) is 3. The highest BCUT2D eigenvalue weighted by atomic mass is 16.3. The molecule has 1 heterocycles. The molecule has 2 aromatic carbocycles. The number of carbonyl (C=O) groups is 1. The molecule has 32 heavy (non-hydrogen) atoms. The molecule has 0 aliphatic carbocycles. The van der Waals surface area contributed by atoms with Crippen molar-refractivity contribution in [3.05, 3.63) is 60.2 Å². The number of likely N-dealkylation sites (tertiary alicyclic amines) is 1. The Morgan fingerprint density at radius 1 is 0.969 bits per heavy atom. The second kappa shape index (κ2) is 13.3. The lowest BCUT2D eigenvalue weighted by atomic mass is 9.94. The maximum Gasteiger partial charge on any atom is 0.245 e. The van der Waals surface area contributed by atoms with Gasteiger partial charge in [0.1, 0.15) is 0 Å². The summed E-state index contributed by atoms with van der Waals surface area (Å²) in [7, 11) is 0. The van der Waals surface area contributed by atoms with E-state index < -0.39 is 6.10 Å². The summed E-state index contributed by atoms with van der Waals surface area (Å²) >= 11 is 0. The van der Waals surface area contributed by atoms with Gasteiger partial charge in [0.05, 0.1) is 6.10 Å². The number of benzene rings is 2. The van der Waals surface area contributed by atoms with Crippen LogP contribution in [0, 0.1) is 5.92 Å². The summed E-state index contributed by atoms with van der Waals surface area (Å²) in [5.41, 5.74) is 3.16. The van der Waals surface area contributed by atoms with Crippen molar-refractivity contribution in [2.75, 3.05) is 19.6 Å². The SMILES string of the molecule is CCCCCCCC(=O)N=CC(CN1CCCC1)[C@H](O)c1ccc(-c2ccccc2)cc1. The van der Waals surface area contributed by atoms with Crippen molar-refractivity contribution in [3.8, 4) is 11.1 Å². The lowest BCUT2D eigenvalue weighted by molar-refractivity contribution is -0.117. The number of rotatable bonds is 12. The molecule has 1 fully saturated rings. The van der Waals surface area contributed by atoms with Gasteiger partial charge in [0.25, 0.3) is 0 Å². The molecule has 1 aliphatic heterocycles. The van der Waals surface area contributed by atoms with Gasteiger partial charge in [-0.15, -0.1) is 0 Å². The molecule has 0 spiro atoms. The van der Waals surface area contributed by atoms with E-state index in [0.29, 0.717) is 6.42 Å². The number of amides is 1. The van der Waals surface area contributed by atoms with Crippen LogP contribution in [0.4, 0.5) is 0 Å². The molecule has 4 heteroatoms. The standard InChI is InChI=1S/C28H38N2O2/c1-2-3-4-5-9-14-27(31)29-21-26(22-30-19-10-11-20-30)28(32)25-17-15-24(16-18-25)23-12-7-6-8-13-23/h6-8,12-13,15-18,21,26,28,32H,2-5,9-11,14,19-20,22H2,1H3/t26?,28-/m1/s1. The maximum absolute atomic E-state index is 12.3. The Hall–Kier alpha value is -2.30. The Bertz CT molecular complexity index is 826. The fraction of sp³-hybridized carbons (Fsp3) is 0.500. The van der Waals surface area contributed by atoms with Crippen molar-refractivity contribution in [2.45, 2.75) is 64.4 Å². The third-order valence-corrected chi connectivity index (χ3v) is 6.34. The van der Waals surface area contributed by atoms with Crippen molar-refractivity contribution in [3.63, 3.8) is 0 Å². The summed E-state index contributed by atoms with van der Waals surface area (Å²) in [6.07, 6.45) is 9.52. The van der Waals surface area contributed by atoms with E-state index in [1.807, 2.05) is 30.3 Å². The summed E-state index contributed by atoms with van der Waals surface area (Å²) in [5.74, 6) is -0.265. The highest BCUT2D eigenvalue weighted by Gasteiger charge is 2.24. The van der Waals surface area contributed by atoms with Gasteiger partial charge in [0, 0.05) is 25.1 Å². The number of unbranched alkanes of at least 4 members (excludes halogenated alkanes) is 4. The lowest BCUT2D eigenvalue weighted by Gasteiger charge is -2.25. The van der Waals surface area contributed by atoms with Crippen LogP contribution in [-0.2, 0) is 4.79 Å². The van der Waals surface area contributed by atoms with E-state index >= 15 is 0 Å². The Balaban J connectivity index is 1.64. The lowest BCUT2D eigenvalue weighted by Crippen LogP contribution is -2.31. The number of nitrogens with zero attached hydrogens (tertiary/aromatic N) is 2. The van der Waals surface area contributed by atoms with Crippen LogP contribution in [0.1, 0.15) is 70.0 Å². The van der Waals surface area contributed by atoms with Crippen LogP contribution in [0.25, 0.3) is 11.1 Å². The van der Waals surface area contributed by atoms with Gasteiger partial charge in [-0.05, 0) is 49.0 Å². The largest absolute Gasteiger partial charge is 0.388 e. The molecule has 1 aliphatic rings. The summed E-state index contributed by atoms with van der Waals surface area (Å²) in [6, 6.07) is 18.3. The van der Waals surface area contributed by atoms with E-state index in [1.54, 1.807) is 6.21 Å². The highest BCUT2D eigenvalue weighted by Crippen LogP contribution is 2.26. The molecular formula is C28H38N2O2. The van der Waals surface area contributed by atoms with Crippen LogP contribution in [-0.4, -0.2) is 41.8 Å². The molecular weight excluding hydrogens is 396 g/mol. The second-order valence-corrected chi connectivity index (χ2v) is 8.94. The van der Waals surface area contributed by atoms with Crippen molar-refractivity contribution in [1.82, 2.24) is 4.90 Å². The van der Waals surface area contributed by atoms with Gasteiger partial charge in [-0.1, -0.05) is 87.2 Å². The van der Waals surface area contributed by atoms with E-state index in [9.17, 15) is 9.90 Å². The summed E-state index contributed by atoms with van der Waals surface area (Å²) in [6.45, 7) is 5.02. The van der Waals surface area contributed by atoms with Gasteiger partial charge in [-0.25, -0.2) is 4.99 Å². The maximum atomic E-state index is 12.3. The predicted octanol–water partition coefficient (Wildman–Crippen LogP) is 6.06. The molecule has 4 nitrogen and oxygen atoms in total. The first kappa shape index (κ1) is 24.3. The minimum atomic E-state index is -0.679. The van der Waals surface area contributed by atoms with Gasteiger partial charge in [-0.3, -0.25) is 4.79 Å². The Kier molecular flexibility index (Phi) is 10.1. The van der Waals surface area contributed by atoms with Gasteiger partial charge in [0.15, 0.2) is 0 Å². The number of hydrogen-bond donors (Lipinski definition) is 1. The molecule has 2 aromatic rings. The van der Waals surface area contributed by atoms with Crippen molar-refractivity contribution in [1.29, 1.82) is 0 Å². The summed E-state index contributed by atoms with van der Waals surface area (Å²) in [4.78, 5) is 18.9. The van der Waals surface area contributed by atoms with Crippen molar-refractivity contribution < 1.29 is 9.90 Å². The third-order valence-electron chi connectivity index (χ3n) is 6.34. The molecule has 172 valence electrons. The first-order chi connectivity index (χ1) is 15.7. The fourth-order valence-electron chi connectivity index (χ4n) is 4.37. The topological polar surface area (TPSA) is 52.9 Å². The molecule has 0 bridgehead atoms. The average molecular weight is 435 g/mol. The zero-order valence-corrected chi connectivity index (χ0v) is 19.5. The van der Waals surface area contributed by atoms with Gasteiger partial charge in [0.2, 0.25) is 5.91 Å². The molecule has 0 radical (unpaired) electrons. The molecule has 1 saturated heterocycles. The molecule has 1 amide bonds. The third kappa shape index (κ3) is 7.68. The highest BCUT2D eigenvalue weighted by molar-refractivity contribution is 5.85. The van der Waals surface area contributed by atoms with E-state index in [1.165, 1.54) is 32.1 Å². The van der Waals surface area contributed by atoms with E-state index in [0.717, 1.165) is 49.2 Å². The minimum absolute atomic E-state index is 0.0699. The van der Waals surface area contributed by atoms with E-state index in [-0.39, 0.29) is 11.8 Å². The van der Waals surface area contributed by atoms with Crippen LogP contribution in [0.15, 0.2) is 59.6 Å². The van der Waals surface area contributed by atoms with Gasteiger partial charge < -0.3 is 10.0 Å². The molecule has 3 rings (SSSR count). The fourth-order valence-corrected chi connectivity index (χ4v) is 4.37. The van der Waals surface area contributed by atoms with Crippen LogP contribution >= 0.6 is 0 Å². The van der Waals surface area contributed by atoms with E-state index in [4.69, 9.17) is 0 Å². The van der Waals surface area contributed by atoms with Crippen LogP contribution in [0.2, 0.25) is 0 Å². The molecule has 0 saturated carbocycles. The molecule has 0 aromatic heterocycles.